The molecule has 11 nitrogen and oxygen atoms in total. The van der Waals surface area contributed by atoms with Crippen molar-refractivity contribution in [2.45, 2.75) is 102 Å². The molecule has 3 amide bonds. The minimum Gasteiger partial charge on any atom is -0.492 e. The van der Waals surface area contributed by atoms with Gasteiger partial charge in [-0.25, -0.2) is 4.79 Å². The number of para-hydroxylation sites is 1. The molecule has 0 radical (unpaired) electrons. The number of nitrogens with one attached hydrogen (secondary N) is 3. The molecule has 0 heterocycles. The molecule has 2 unspecified atom stereocenters. The highest BCUT2D eigenvalue weighted by molar-refractivity contribution is 5.88. The molecule has 1 aromatic rings. The number of alkyl carbamates (subject to hydrolysis) is 1. The van der Waals surface area contributed by atoms with Crippen molar-refractivity contribution < 1.29 is 38.9 Å². The Morgan fingerprint density at radius 3 is 2.33 bits per heavy atom. The van der Waals surface area contributed by atoms with Crippen LogP contribution in [0.2, 0.25) is 0 Å². The molecule has 1 aromatic carbocycles. The SMILES string of the molecule is CC(C)(C)OC(=O)NC(CC1CCCCC1)C(O)CC(=O)N[C@@H](CCC(=O)O)C(=O)NCCOc1ccccc1. The van der Waals surface area contributed by atoms with Crippen LogP contribution in [0.15, 0.2) is 30.3 Å². The second-order valence-electron chi connectivity index (χ2n) is 11.3. The fraction of sp³-hybridized carbons (Fsp3) is 0.655. The van der Waals surface area contributed by atoms with Crippen LogP contribution in [0.25, 0.3) is 0 Å². The normalized spacial score (nSPS) is 16.2. The van der Waals surface area contributed by atoms with Crippen LogP contribution in [0.4, 0.5) is 4.79 Å². The summed E-state index contributed by atoms with van der Waals surface area (Å²) >= 11 is 0. The Hall–Kier alpha value is -3.34. The summed E-state index contributed by atoms with van der Waals surface area (Å²) in [5.74, 6) is -1.33. The number of carboxylic acid groups (broad SMARTS) is 1. The molecule has 2 rings (SSSR count). The fourth-order valence-electron chi connectivity index (χ4n) is 4.66. The van der Waals surface area contributed by atoms with E-state index in [0.29, 0.717) is 18.1 Å². The first-order valence-corrected chi connectivity index (χ1v) is 14.1. The van der Waals surface area contributed by atoms with Gasteiger partial charge in [0.15, 0.2) is 0 Å². The molecule has 0 spiro atoms. The van der Waals surface area contributed by atoms with Gasteiger partial charge in [-0.15, -0.1) is 0 Å². The van der Waals surface area contributed by atoms with E-state index >= 15 is 0 Å². The molecule has 3 atom stereocenters. The molecule has 1 aliphatic carbocycles. The lowest BCUT2D eigenvalue weighted by Crippen LogP contribution is -2.51. The van der Waals surface area contributed by atoms with Crippen LogP contribution in [0.3, 0.4) is 0 Å². The molecule has 5 N–H and O–H groups in total. The smallest absolute Gasteiger partial charge is 0.407 e. The van der Waals surface area contributed by atoms with Crippen LogP contribution in [0.1, 0.15) is 78.6 Å². The molecular weight excluding hydrogens is 518 g/mol. The maximum Gasteiger partial charge on any atom is 0.407 e. The van der Waals surface area contributed by atoms with Gasteiger partial charge < -0.3 is 35.6 Å². The Balaban J connectivity index is 1.96. The number of carbonyl (C=O) groups excluding carboxylic acids is 3. The Morgan fingerprint density at radius 1 is 1.02 bits per heavy atom. The summed E-state index contributed by atoms with van der Waals surface area (Å²) in [7, 11) is 0. The van der Waals surface area contributed by atoms with E-state index in [1.54, 1.807) is 32.9 Å². The number of aliphatic carboxylic acids is 1. The predicted molar refractivity (Wildman–Crippen MR) is 149 cm³/mol. The first-order valence-electron chi connectivity index (χ1n) is 14.1. The van der Waals surface area contributed by atoms with Gasteiger partial charge in [-0.3, -0.25) is 14.4 Å². The minimum atomic E-state index is -1.23. The molecule has 0 bridgehead atoms. The highest BCUT2D eigenvalue weighted by Crippen LogP contribution is 2.28. The van der Waals surface area contributed by atoms with Gasteiger partial charge >= 0.3 is 12.1 Å². The zero-order valence-corrected chi connectivity index (χ0v) is 23.8. The largest absolute Gasteiger partial charge is 0.492 e. The van der Waals surface area contributed by atoms with Gasteiger partial charge in [0, 0.05) is 6.42 Å². The third-order valence-corrected chi connectivity index (χ3v) is 6.58. The summed E-state index contributed by atoms with van der Waals surface area (Å²) in [4.78, 5) is 49.2. The summed E-state index contributed by atoms with van der Waals surface area (Å²) in [5.41, 5.74) is -0.724. The lowest BCUT2D eigenvalue weighted by Gasteiger charge is -2.31. The Morgan fingerprint density at radius 2 is 1.70 bits per heavy atom. The number of aliphatic hydroxyl groups is 1. The first-order chi connectivity index (χ1) is 18.9. The molecule has 0 aromatic heterocycles. The van der Waals surface area contributed by atoms with E-state index in [1.165, 1.54) is 0 Å². The summed E-state index contributed by atoms with van der Waals surface area (Å²) in [6, 6.07) is 7.23. The van der Waals surface area contributed by atoms with E-state index in [2.05, 4.69) is 16.0 Å². The maximum atomic E-state index is 12.9. The predicted octanol–water partition coefficient (Wildman–Crippen LogP) is 3.15. The lowest BCUT2D eigenvalue weighted by atomic mass is 9.83. The van der Waals surface area contributed by atoms with Crippen LogP contribution in [-0.4, -0.2) is 71.0 Å². The maximum absolute atomic E-state index is 12.9. The van der Waals surface area contributed by atoms with Crippen LogP contribution < -0.4 is 20.7 Å². The van der Waals surface area contributed by atoms with E-state index in [9.17, 15) is 24.3 Å². The average Bonchev–Trinajstić information content (AvgIpc) is 2.88. The summed E-state index contributed by atoms with van der Waals surface area (Å²) in [6.07, 6.45) is 3.06. The summed E-state index contributed by atoms with van der Waals surface area (Å²) in [6.45, 7) is 5.56. The van der Waals surface area contributed by atoms with Crippen molar-refractivity contribution in [1.29, 1.82) is 0 Å². The quantitative estimate of drug-likeness (QED) is 0.203. The third-order valence-electron chi connectivity index (χ3n) is 6.58. The highest BCUT2D eigenvalue weighted by atomic mass is 16.6. The van der Waals surface area contributed by atoms with Crippen molar-refractivity contribution in [3.63, 3.8) is 0 Å². The van der Waals surface area contributed by atoms with Gasteiger partial charge in [0.1, 0.15) is 24.0 Å². The molecule has 1 aliphatic rings. The van der Waals surface area contributed by atoms with Crippen LogP contribution in [-0.2, 0) is 19.1 Å². The van der Waals surface area contributed by atoms with E-state index in [4.69, 9.17) is 14.6 Å². The minimum absolute atomic E-state index is 0.121. The second kappa shape index (κ2) is 16.7. The van der Waals surface area contributed by atoms with Crippen LogP contribution >= 0.6 is 0 Å². The van der Waals surface area contributed by atoms with Gasteiger partial charge in [0.2, 0.25) is 11.8 Å². The first kappa shape index (κ1) is 32.9. The number of amides is 3. The van der Waals surface area contributed by atoms with Crippen molar-refractivity contribution in [1.82, 2.24) is 16.0 Å². The van der Waals surface area contributed by atoms with Crippen molar-refractivity contribution in [3.8, 4) is 5.75 Å². The highest BCUT2D eigenvalue weighted by Gasteiger charge is 2.30. The van der Waals surface area contributed by atoms with Gasteiger partial charge in [0.25, 0.3) is 0 Å². The van der Waals surface area contributed by atoms with E-state index < -0.39 is 47.7 Å². The zero-order chi connectivity index (χ0) is 29.5. The molecule has 1 fully saturated rings. The van der Waals surface area contributed by atoms with Crippen molar-refractivity contribution in [2.24, 2.45) is 5.92 Å². The molecule has 11 heteroatoms. The summed E-state index contributed by atoms with van der Waals surface area (Å²) in [5, 5.41) is 28.0. The number of ether oxygens (including phenoxy) is 2. The van der Waals surface area contributed by atoms with Crippen molar-refractivity contribution >= 4 is 23.9 Å². The van der Waals surface area contributed by atoms with E-state index in [0.717, 1.165) is 32.1 Å². The van der Waals surface area contributed by atoms with Crippen LogP contribution in [0.5, 0.6) is 5.75 Å². The van der Waals surface area contributed by atoms with E-state index in [-0.39, 0.29) is 32.4 Å². The third kappa shape index (κ3) is 13.6. The molecule has 40 heavy (non-hydrogen) atoms. The number of aliphatic hydroxyl groups excluding tert-OH is 1. The Kier molecular flexibility index (Phi) is 13.7. The molecular formula is C29H45N3O8. The van der Waals surface area contributed by atoms with E-state index in [1.807, 2.05) is 18.2 Å². The van der Waals surface area contributed by atoms with Crippen LogP contribution in [0, 0.1) is 5.92 Å². The monoisotopic (exact) mass is 563 g/mol. The number of hydrogen-bond donors (Lipinski definition) is 5. The fourth-order valence-corrected chi connectivity index (χ4v) is 4.66. The van der Waals surface area contributed by atoms with Gasteiger partial charge in [-0.2, -0.15) is 0 Å². The summed E-state index contributed by atoms with van der Waals surface area (Å²) < 4.78 is 10.9. The molecule has 0 saturated heterocycles. The van der Waals surface area contributed by atoms with Gasteiger partial charge in [-0.1, -0.05) is 50.3 Å². The number of rotatable bonds is 15. The van der Waals surface area contributed by atoms with Crippen molar-refractivity contribution in [3.05, 3.63) is 30.3 Å². The van der Waals surface area contributed by atoms with Gasteiger partial charge in [-0.05, 0) is 51.7 Å². The lowest BCUT2D eigenvalue weighted by molar-refractivity contribution is -0.138. The zero-order valence-electron chi connectivity index (χ0n) is 23.8. The number of benzene rings is 1. The number of hydrogen-bond acceptors (Lipinski definition) is 7. The van der Waals surface area contributed by atoms with Gasteiger partial charge in [0.05, 0.1) is 25.1 Å². The molecule has 224 valence electrons. The molecule has 0 aliphatic heterocycles. The number of carboxylic acids is 1. The Labute approximate surface area is 236 Å². The number of carbonyl (C=O) groups is 4. The Bertz CT molecular complexity index is 944. The second-order valence-corrected chi connectivity index (χ2v) is 11.3. The van der Waals surface area contributed by atoms with Crippen molar-refractivity contribution in [2.75, 3.05) is 13.2 Å². The average molecular weight is 564 g/mol. The molecule has 1 saturated carbocycles. The topological polar surface area (TPSA) is 163 Å². The standard InChI is InChI=1S/C29H45N3O8/c1-29(2,3)40-28(38)32-23(18-20-10-6-4-7-11-20)24(33)19-25(34)31-22(14-15-26(35)36)27(37)30-16-17-39-21-12-8-5-9-13-21/h5,8-9,12-13,20,22-24,33H,4,6-7,10-11,14-19H2,1-3H3,(H,30,37)(H,31,34)(H,32,38)(H,35,36)/t22-,23?,24?/m0/s1.